The normalized spacial score (nSPS) is 20.5. The van der Waals surface area contributed by atoms with E-state index in [2.05, 4.69) is 5.32 Å². The zero-order valence-electron chi connectivity index (χ0n) is 13.7. The van der Waals surface area contributed by atoms with Gasteiger partial charge < -0.3 is 14.6 Å². The highest BCUT2D eigenvalue weighted by Gasteiger charge is 2.52. The Hall–Kier alpha value is -0.875. The highest BCUT2D eigenvalue weighted by molar-refractivity contribution is 6.56. The molecule has 0 atom stereocenters. The maximum absolute atomic E-state index is 14.1. The Morgan fingerprint density at radius 2 is 1.86 bits per heavy atom. The number of hydrogen-bond donors (Lipinski definition) is 1. The first-order valence-electron chi connectivity index (χ1n) is 7.32. The molecule has 0 saturated carbocycles. The van der Waals surface area contributed by atoms with Crippen LogP contribution in [0.3, 0.4) is 0 Å². The van der Waals surface area contributed by atoms with Gasteiger partial charge in [-0.25, -0.2) is 4.39 Å². The molecule has 22 heavy (non-hydrogen) atoms. The van der Waals surface area contributed by atoms with E-state index in [1.54, 1.807) is 18.2 Å². The molecular weight excluding hydrogens is 303 g/mol. The Morgan fingerprint density at radius 3 is 2.41 bits per heavy atom. The van der Waals surface area contributed by atoms with Gasteiger partial charge in [0.15, 0.2) is 0 Å². The van der Waals surface area contributed by atoms with E-state index in [0.717, 1.165) is 5.47 Å². The Bertz CT molecular complexity index is 574. The third-order valence-electron chi connectivity index (χ3n) is 4.26. The van der Waals surface area contributed by atoms with Gasteiger partial charge in [-0.3, -0.25) is 0 Å². The van der Waals surface area contributed by atoms with Gasteiger partial charge in [0.25, 0.3) is 0 Å². The van der Waals surface area contributed by atoms with E-state index in [1.807, 2.05) is 34.7 Å². The van der Waals surface area contributed by atoms with Gasteiger partial charge in [-0.2, -0.15) is 0 Å². The van der Waals surface area contributed by atoms with Crippen molar-refractivity contribution < 1.29 is 13.7 Å². The van der Waals surface area contributed by atoms with Crippen LogP contribution in [0.15, 0.2) is 23.7 Å². The molecule has 0 spiro atoms. The summed E-state index contributed by atoms with van der Waals surface area (Å²) in [4.78, 5) is 0. The van der Waals surface area contributed by atoms with Crippen molar-refractivity contribution in [2.45, 2.75) is 38.9 Å². The summed E-state index contributed by atoms with van der Waals surface area (Å²) in [7, 11) is 1.31. The molecule has 1 aromatic carbocycles. The molecule has 1 saturated heterocycles. The van der Waals surface area contributed by atoms with Crippen molar-refractivity contribution in [2.75, 3.05) is 13.6 Å². The van der Waals surface area contributed by atoms with Crippen LogP contribution in [0.1, 0.15) is 33.3 Å². The van der Waals surface area contributed by atoms with E-state index in [-0.39, 0.29) is 5.02 Å². The molecule has 1 N–H and O–H groups in total. The molecule has 1 aliphatic rings. The van der Waals surface area contributed by atoms with E-state index in [4.69, 9.17) is 20.9 Å². The van der Waals surface area contributed by atoms with Crippen LogP contribution in [0.25, 0.3) is 6.08 Å². The summed E-state index contributed by atoms with van der Waals surface area (Å²) in [5.41, 5.74) is 0.379. The van der Waals surface area contributed by atoms with Gasteiger partial charge in [0.05, 0.1) is 16.2 Å². The van der Waals surface area contributed by atoms with E-state index < -0.39 is 24.1 Å². The summed E-state index contributed by atoms with van der Waals surface area (Å²) in [6.45, 7) is 8.49. The molecule has 0 amide bonds. The van der Waals surface area contributed by atoms with Gasteiger partial charge in [0, 0.05) is 12.1 Å². The quantitative estimate of drug-likeness (QED) is 0.856. The number of nitrogens with one attached hydrogen (secondary N) is 1. The fourth-order valence-corrected chi connectivity index (χ4v) is 2.41. The predicted octanol–water partition coefficient (Wildman–Crippen LogP) is 3.71. The first kappa shape index (κ1) is 17.5. The maximum Gasteiger partial charge on any atom is 0.491 e. The highest BCUT2D eigenvalue weighted by atomic mass is 35.5. The topological polar surface area (TPSA) is 30.5 Å². The van der Waals surface area contributed by atoms with E-state index in [0.29, 0.717) is 12.1 Å². The monoisotopic (exact) mass is 325 g/mol. The third kappa shape index (κ3) is 3.38. The average molecular weight is 326 g/mol. The Labute approximate surface area is 137 Å². The van der Waals surface area contributed by atoms with Crippen LogP contribution in [0, 0.1) is 5.82 Å². The van der Waals surface area contributed by atoms with Crippen LogP contribution in [-0.2, 0) is 9.31 Å². The van der Waals surface area contributed by atoms with Crippen molar-refractivity contribution in [2.24, 2.45) is 0 Å². The van der Waals surface area contributed by atoms with Crippen molar-refractivity contribution in [3.8, 4) is 0 Å². The SMILES string of the molecule is CNCC(=Cc1cccc(Cl)c1F)B1OC(C)(C)C(C)(C)O1. The number of benzene rings is 1. The van der Waals surface area contributed by atoms with Crippen molar-refractivity contribution in [3.05, 3.63) is 40.1 Å². The summed E-state index contributed by atoms with van der Waals surface area (Å²) in [6, 6.07) is 4.93. The fourth-order valence-electron chi connectivity index (χ4n) is 2.23. The lowest BCUT2D eigenvalue weighted by Gasteiger charge is -2.32. The van der Waals surface area contributed by atoms with Crippen LogP contribution in [0.4, 0.5) is 4.39 Å². The first-order valence-corrected chi connectivity index (χ1v) is 7.70. The Kier molecular flexibility index (Phi) is 5.02. The molecule has 120 valence electrons. The second-order valence-electron chi connectivity index (χ2n) is 6.48. The molecule has 1 heterocycles. The molecule has 0 aliphatic carbocycles. The second kappa shape index (κ2) is 6.32. The third-order valence-corrected chi connectivity index (χ3v) is 4.55. The maximum atomic E-state index is 14.1. The molecule has 1 fully saturated rings. The minimum atomic E-state index is -0.518. The Morgan fingerprint density at radius 1 is 1.27 bits per heavy atom. The lowest BCUT2D eigenvalue weighted by Crippen LogP contribution is -2.41. The van der Waals surface area contributed by atoms with Gasteiger partial charge in [-0.1, -0.05) is 29.8 Å². The van der Waals surface area contributed by atoms with Crippen LogP contribution >= 0.6 is 11.6 Å². The molecule has 0 radical (unpaired) electrons. The Balaban J connectivity index is 2.35. The molecular formula is C16H22BClFNO2. The summed E-state index contributed by atoms with van der Waals surface area (Å²) in [5.74, 6) is -0.436. The molecule has 3 nitrogen and oxygen atoms in total. The van der Waals surface area contributed by atoms with Gasteiger partial charge >= 0.3 is 7.12 Å². The fraction of sp³-hybridized carbons (Fsp3) is 0.500. The van der Waals surface area contributed by atoms with Gasteiger partial charge in [0.2, 0.25) is 0 Å². The summed E-state index contributed by atoms with van der Waals surface area (Å²) < 4.78 is 26.2. The van der Waals surface area contributed by atoms with E-state index in [9.17, 15) is 4.39 Å². The lowest BCUT2D eigenvalue weighted by atomic mass is 9.77. The predicted molar refractivity (Wildman–Crippen MR) is 89.4 cm³/mol. The van der Waals surface area contributed by atoms with E-state index >= 15 is 0 Å². The standard InChI is InChI=1S/C16H22BClFNO2/c1-15(2)16(3,4)22-17(21-15)12(10-20-5)9-11-7-6-8-13(18)14(11)19/h6-9,20H,10H2,1-5H3. The van der Waals surface area contributed by atoms with Crippen LogP contribution in [0.2, 0.25) is 5.02 Å². The first-order chi connectivity index (χ1) is 10.2. The zero-order chi connectivity index (χ0) is 16.5. The summed E-state index contributed by atoms with van der Waals surface area (Å²) in [5, 5.41) is 3.17. The van der Waals surface area contributed by atoms with Crippen LogP contribution in [0.5, 0.6) is 0 Å². The summed E-state index contributed by atoms with van der Waals surface area (Å²) >= 11 is 5.84. The number of likely N-dealkylation sites (N-methyl/N-ethyl adjacent to an activating group) is 1. The van der Waals surface area contributed by atoms with Crippen LogP contribution < -0.4 is 5.32 Å². The minimum absolute atomic E-state index is 0.103. The number of hydrogen-bond acceptors (Lipinski definition) is 3. The van der Waals surface area contributed by atoms with Crippen molar-refractivity contribution in [1.29, 1.82) is 0 Å². The molecule has 0 bridgehead atoms. The van der Waals surface area contributed by atoms with Crippen LogP contribution in [-0.4, -0.2) is 31.9 Å². The van der Waals surface area contributed by atoms with Gasteiger partial charge in [-0.05, 0) is 46.3 Å². The average Bonchev–Trinajstić information content (AvgIpc) is 2.63. The molecule has 0 unspecified atom stereocenters. The number of halogens is 2. The minimum Gasteiger partial charge on any atom is -0.400 e. The molecule has 1 aliphatic heterocycles. The highest BCUT2D eigenvalue weighted by Crippen LogP contribution is 2.38. The van der Waals surface area contributed by atoms with Crippen molar-refractivity contribution in [3.63, 3.8) is 0 Å². The number of rotatable bonds is 4. The smallest absolute Gasteiger partial charge is 0.400 e. The van der Waals surface area contributed by atoms with Crippen molar-refractivity contribution >= 4 is 24.8 Å². The zero-order valence-corrected chi connectivity index (χ0v) is 14.4. The molecule has 2 rings (SSSR count). The van der Waals surface area contributed by atoms with Crippen molar-refractivity contribution in [1.82, 2.24) is 5.32 Å². The van der Waals surface area contributed by atoms with Gasteiger partial charge in [0.1, 0.15) is 5.82 Å². The molecule has 0 aromatic heterocycles. The van der Waals surface area contributed by atoms with E-state index in [1.165, 1.54) is 6.07 Å². The second-order valence-corrected chi connectivity index (χ2v) is 6.89. The van der Waals surface area contributed by atoms with Gasteiger partial charge in [-0.15, -0.1) is 0 Å². The lowest BCUT2D eigenvalue weighted by molar-refractivity contribution is 0.00578. The largest absolute Gasteiger partial charge is 0.491 e. The summed E-state index contributed by atoms with van der Waals surface area (Å²) in [6.07, 6.45) is 1.74. The molecule has 1 aromatic rings. The molecule has 6 heteroatoms.